The molecule has 0 radical (unpaired) electrons. The number of hydrogen-bond acceptors (Lipinski definition) is 16. The number of aryl methyl sites for hydroxylation is 4. The van der Waals surface area contributed by atoms with Crippen molar-refractivity contribution in [1.82, 2.24) is 40.4 Å². The third-order valence-corrected chi connectivity index (χ3v) is 10.4. The summed E-state index contributed by atoms with van der Waals surface area (Å²) in [6, 6.07) is 24.1. The number of fused-ring (bicyclic) bond motifs is 2. The van der Waals surface area contributed by atoms with Crippen LogP contribution < -0.4 is 30.4 Å². The van der Waals surface area contributed by atoms with Crippen LogP contribution >= 0.6 is 0 Å². The van der Waals surface area contributed by atoms with E-state index in [-0.39, 0.29) is 36.7 Å². The Kier molecular flexibility index (Phi) is 14.4. The number of rotatable bonds is 20. The molecular weight excluding hydrogens is 821 g/mol. The highest BCUT2D eigenvalue weighted by atomic mass is 16.5. The van der Waals surface area contributed by atoms with E-state index in [0.717, 1.165) is 47.6 Å². The number of nitrogens with zero attached hydrogens (tertiary/aromatic N) is 8. The average Bonchev–Trinajstić information content (AvgIpc) is 4.13. The fraction of sp³-hybridized carbons (Fsp3) is 0.304. The van der Waals surface area contributed by atoms with E-state index < -0.39 is 0 Å². The average molecular weight is 871 g/mol. The van der Waals surface area contributed by atoms with E-state index in [1.807, 2.05) is 62.4 Å². The highest BCUT2D eigenvalue weighted by Crippen LogP contribution is 2.44. The van der Waals surface area contributed by atoms with Gasteiger partial charge in [0, 0.05) is 10.8 Å². The molecule has 0 amide bonds. The molecule has 0 atom stereocenters. The molecule has 0 bridgehead atoms. The number of carbonyl (C=O) groups is 2. The lowest BCUT2D eigenvalue weighted by Crippen LogP contribution is -2.15. The summed E-state index contributed by atoms with van der Waals surface area (Å²) in [6.07, 6.45) is 6.53. The molecular formula is C46H50N10O8. The maximum Gasteiger partial charge on any atom is 0.260 e. The van der Waals surface area contributed by atoms with E-state index in [4.69, 9.17) is 39.2 Å². The molecule has 4 aromatic carbocycles. The Balaban J connectivity index is 0.000000191. The predicted molar refractivity (Wildman–Crippen MR) is 238 cm³/mol. The minimum Gasteiger partial charge on any atom is -0.487 e. The number of anilines is 2. The van der Waals surface area contributed by atoms with Gasteiger partial charge in [-0.2, -0.15) is 4.80 Å². The summed E-state index contributed by atoms with van der Waals surface area (Å²) in [4.78, 5) is 26.4. The topological polar surface area (TPSA) is 237 Å². The molecule has 4 aromatic heterocycles. The summed E-state index contributed by atoms with van der Waals surface area (Å²) in [6.45, 7) is 8.69. The first-order chi connectivity index (χ1) is 31.1. The van der Waals surface area contributed by atoms with Gasteiger partial charge in [-0.1, -0.05) is 70.9 Å². The maximum atomic E-state index is 12.5. The van der Waals surface area contributed by atoms with Crippen LogP contribution in [0.25, 0.3) is 21.9 Å². The van der Waals surface area contributed by atoms with Crippen LogP contribution in [0.15, 0.2) is 94.2 Å². The first-order valence-electron chi connectivity index (χ1n) is 20.8. The number of tetrazole rings is 2. The normalized spacial score (nSPS) is 11.1. The van der Waals surface area contributed by atoms with E-state index >= 15 is 0 Å². The molecule has 64 heavy (non-hydrogen) atoms. The van der Waals surface area contributed by atoms with Crippen LogP contribution in [0.1, 0.15) is 69.7 Å². The van der Waals surface area contributed by atoms with E-state index in [1.165, 1.54) is 34.5 Å². The number of nitrogen functional groups attached to an aromatic ring is 2. The third-order valence-electron chi connectivity index (χ3n) is 10.4. The number of furan rings is 2. The van der Waals surface area contributed by atoms with Crippen molar-refractivity contribution in [1.29, 1.82) is 0 Å². The largest absolute Gasteiger partial charge is 0.487 e. The van der Waals surface area contributed by atoms with Gasteiger partial charge in [-0.05, 0) is 103 Å². The highest BCUT2D eigenvalue weighted by Gasteiger charge is 2.26. The molecule has 0 fully saturated rings. The quantitative estimate of drug-likeness (QED) is 0.0568. The number of hydrogen-bond donors (Lipinski definition) is 2. The molecule has 332 valence electrons. The minimum absolute atomic E-state index is 0.0877. The minimum atomic E-state index is -0.114. The molecule has 0 aliphatic rings. The van der Waals surface area contributed by atoms with Crippen molar-refractivity contribution in [3.63, 3.8) is 0 Å². The number of aromatic nitrogens is 8. The first kappa shape index (κ1) is 44.3. The Bertz CT molecular complexity index is 2820. The van der Waals surface area contributed by atoms with Crippen molar-refractivity contribution in [2.45, 2.75) is 66.5 Å². The van der Waals surface area contributed by atoms with Crippen molar-refractivity contribution in [3.05, 3.63) is 119 Å². The lowest BCUT2D eigenvalue weighted by molar-refractivity contribution is 0.0998. The summed E-state index contributed by atoms with van der Waals surface area (Å²) in [7, 11) is 0. The van der Waals surface area contributed by atoms with Crippen LogP contribution in [0.4, 0.5) is 11.9 Å². The molecule has 8 rings (SSSR count). The standard InChI is InChI=1S/2C23H25N5O4/c1-15-18-10-13-31-20(18)22(30-12-6-9-17-7-4-3-5-8-17)21(19(15)16(2)29)32-14-11-28-23(24)25-26-27-28;1-15-18-10-13-31-20(18)22(30-12-6-9-17-7-4-3-5-8-17)21(19(15)16(2)29)32-14-11-28-26-23(24)25-27-28/h3-5,7-8,10,13H,6,9,11-12,14H2,1-2H3,(H2,24,25,27);3-5,7-8,10,13H,6,9,11-12,14H2,1-2H3,(H2,24,26). The molecule has 4 N–H and O–H groups in total. The lowest BCUT2D eigenvalue weighted by Gasteiger charge is -2.18. The first-order valence-corrected chi connectivity index (χ1v) is 20.8. The Morgan fingerprint density at radius 1 is 0.609 bits per heavy atom. The van der Waals surface area contributed by atoms with Gasteiger partial charge in [0.2, 0.25) is 17.4 Å². The van der Waals surface area contributed by atoms with Crippen molar-refractivity contribution in [2.75, 3.05) is 37.9 Å². The van der Waals surface area contributed by atoms with E-state index in [9.17, 15) is 9.59 Å². The van der Waals surface area contributed by atoms with E-state index in [2.05, 4.69) is 55.2 Å². The number of benzene rings is 4. The molecule has 18 nitrogen and oxygen atoms in total. The zero-order valence-electron chi connectivity index (χ0n) is 36.2. The molecule has 0 aliphatic heterocycles. The fourth-order valence-corrected chi connectivity index (χ4v) is 7.36. The third kappa shape index (κ3) is 10.5. The molecule has 4 heterocycles. The van der Waals surface area contributed by atoms with Crippen LogP contribution in [-0.4, -0.2) is 78.4 Å². The number of nitrogens with two attached hydrogens (primary N) is 2. The van der Waals surface area contributed by atoms with Gasteiger partial charge in [0.15, 0.2) is 34.2 Å². The molecule has 0 saturated heterocycles. The van der Waals surface area contributed by atoms with Gasteiger partial charge in [0.05, 0.1) is 50.0 Å². The fourth-order valence-electron chi connectivity index (χ4n) is 7.36. The second-order valence-corrected chi connectivity index (χ2v) is 14.8. The van der Waals surface area contributed by atoms with E-state index in [0.29, 0.717) is 71.6 Å². The SMILES string of the molecule is CC(=O)c1c(OCCn2nnc(N)n2)c(OCCCc2ccccc2)c2occc2c1C.CC(=O)c1c(OCCn2nnnc2N)c(OCCCc2ccccc2)c2occc2c1C. The Morgan fingerprint density at radius 3 is 1.53 bits per heavy atom. The van der Waals surface area contributed by atoms with Crippen LogP contribution in [0.3, 0.4) is 0 Å². The monoisotopic (exact) mass is 870 g/mol. The van der Waals surface area contributed by atoms with Crippen molar-refractivity contribution < 1.29 is 37.4 Å². The number of ketones is 2. The summed E-state index contributed by atoms with van der Waals surface area (Å²) in [5.41, 5.74) is 17.3. The summed E-state index contributed by atoms with van der Waals surface area (Å²) in [5.74, 6) is 1.64. The Labute approximate surface area is 368 Å². The van der Waals surface area contributed by atoms with Crippen LogP contribution in [0.2, 0.25) is 0 Å². The van der Waals surface area contributed by atoms with Crippen molar-refractivity contribution in [3.8, 4) is 23.0 Å². The van der Waals surface area contributed by atoms with Gasteiger partial charge in [-0.15, -0.1) is 5.10 Å². The number of Topliss-reactive ketones (excluding diaryl/α,β-unsaturated/α-hetero) is 2. The van der Waals surface area contributed by atoms with Gasteiger partial charge >= 0.3 is 0 Å². The van der Waals surface area contributed by atoms with E-state index in [1.54, 1.807) is 12.5 Å². The lowest BCUT2D eigenvalue weighted by atomic mass is 9.99. The van der Waals surface area contributed by atoms with Gasteiger partial charge in [0.25, 0.3) is 5.95 Å². The second-order valence-electron chi connectivity index (χ2n) is 14.8. The smallest absolute Gasteiger partial charge is 0.260 e. The van der Waals surface area contributed by atoms with Gasteiger partial charge in [-0.3, -0.25) is 9.59 Å². The summed E-state index contributed by atoms with van der Waals surface area (Å²) < 4.78 is 37.2. The van der Waals surface area contributed by atoms with Gasteiger partial charge in [-0.25, -0.2) is 4.68 Å². The van der Waals surface area contributed by atoms with Gasteiger partial charge in [0.1, 0.15) is 13.2 Å². The Morgan fingerprint density at radius 2 is 1.09 bits per heavy atom. The second kappa shape index (κ2) is 20.9. The maximum absolute atomic E-state index is 12.5. The molecule has 18 heteroatoms. The molecule has 0 aliphatic carbocycles. The van der Waals surface area contributed by atoms with Crippen molar-refractivity contribution in [2.24, 2.45) is 0 Å². The zero-order chi connectivity index (χ0) is 45.0. The summed E-state index contributed by atoms with van der Waals surface area (Å²) >= 11 is 0. The Hall–Kier alpha value is -7.76. The highest BCUT2D eigenvalue weighted by molar-refractivity contribution is 6.06. The van der Waals surface area contributed by atoms with Crippen LogP contribution in [0, 0.1) is 13.8 Å². The number of ether oxygens (including phenoxy) is 4. The van der Waals surface area contributed by atoms with Crippen molar-refractivity contribution >= 4 is 45.4 Å². The number of carbonyl (C=O) groups excluding carboxylic acids is 2. The van der Waals surface area contributed by atoms with Crippen LogP contribution in [-0.2, 0) is 25.9 Å². The molecule has 0 saturated carbocycles. The van der Waals surface area contributed by atoms with Gasteiger partial charge < -0.3 is 39.2 Å². The summed E-state index contributed by atoms with van der Waals surface area (Å²) in [5, 5.41) is 24.1. The molecule has 0 spiro atoms. The molecule has 0 unspecified atom stereocenters. The molecule has 8 aromatic rings. The predicted octanol–water partition coefficient (Wildman–Crippen LogP) is 7.21. The zero-order valence-corrected chi connectivity index (χ0v) is 36.2. The van der Waals surface area contributed by atoms with Crippen LogP contribution in [0.5, 0.6) is 23.0 Å².